The molecule has 0 aliphatic heterocycles. The molecule has 1 amide bonds. The van der Waals surface area contributed by atoms with Crippen LogP contribution in [-0.4, -0.2) is 23.5 Å². The molecule has 0 bridgehead atoms. The Balaban J connectivity index is 2.17. The van der Waals surface area contributed by atoms with E-state index in [1.54, 1.807) is 6.20 Å². The Hall–Kier alpha value is -2.20. The highest BCUT2D eigenvalue weighted by atomic mass is 16.2. The lowest BCUT2D eigenvalue weighted by Crippen LogP contribution is -2.66. The van der Waals surface area contributed by atoms with Crippen molar-refractivity contribution >= 4 is 11.6 Å². The van der Waals surface area contributed by atoms with Crippen LogP contribution in [0.2, 0.25) is 0 Å². The number of carbonyl (C=O) groups is 1. The number of nitrogens with zero attached hydrogens (tertiary/aromatic N) is 2. The van der Waals surface area contributed by atoms with Gasteiger partial charge in [0, 0.05) is 24.6 Å². The number of hydrogen-bond donors (Lipinski definition) is 1. The third-order valence-corrected chi connectivity index (χ3v) is 3.97. The minimum atomic E-state index is -0.257. The van der Waals surface area contributed by atoms with E-state index in [2.05, 4.69) is 42.8 Å². The number of para-hydroxylation sites is 1. The Bertz CT molecular complexity index is 633. The van der Waals surface area contributed by atoms with Gasteiger partial charge in [-0.1, -0.05) is 24.3 Å². The molecule has 0 unspecified atom stereocenters. The molecular formula is C19H26N3O+. The summed E-state index contributed by atoms with van der Waals surface area (Å²) >= 11 is 0. The number of pyridine rings is 1. The van der Waals surface area contributed by atoms with Gasteiger partial charge in [0.2, 0.25) is 0 Å². The summed E-state index contributed by atoms with van der Waals surface area (Å²) in [7, 11) is 0. The van der Waals surface area contributed by atoms with Crippen LogP contribution in [0.1, 0.15) is 30.0 Å². The summed E-state index contributed by atoms with van der Waals surface area (Å²) in [4.78, 5) is 18.7. The maximum absolute atomic E-state index is 12.6. The van der Waals surface area contributed by atoms with Gasteiger partial charge in [0.15, 0.2) is 6.04 Å². The third kappa shape index (κ3) is 4.39. The lowest BCUT2D eigenvalue weighted by molar-refractivity contribution is -0.397. The number of benzene rings is 1. The normalized spacial score (nSPS) is 12.0. The molecule has 3 N–H and O–H groups in total. The zero-order valence-corrected chi connectivity index (χ0v) is 14.2. The summed E-state index contributed by atoms with van der Waals surface area (Å²) in [6.45, 7) is 6.65. The van der Waals surface area contributed by atoms with Crippen LogP contribution >= 0.6 is 0 Å². The molecule has 0 radical (unpaired) electrons. The zero-order valence-electron chi connectivity index (χ0n) is 14.2. The minimum Gasteiger partial charge on any atom is -0.348 e. The molecule has 1 aromatic carbocycles. The lowest BCUT2D eigenvalue weighted by Gasteiger charge is -2.27. The highest BCUT2D eigenvalue weighted by molar-refractivity contribution is 5.97. The van der Waals surface area contributed by atoms with Crippen LogP contribution in [0.3, 0.4) is 0 Å². The first-order chi connectivity index (χ1) is 11.0. The van der Waals surface area contributed by atoms with Gasteiger partial charge in [-0.2, -0.15) is 0 Å². The van der Waals surface area contributed by atoms with Crippen LogP contribution in [0.25, 0.3) is 0 Å². The molecule has 0 aliphatic rings. The highest BCUT2D eigenvalue weighted by Crippen LogP contribution is 2.25. The fourth-order valence-electron chi connectivity index (χ4n) is 2.82. The van der Waals surface area contributed by atoms with Crippen molar-refractivity contribution in [2.24, 2.45) is 0 Å². The van der Waals surface area contributed by atoms with Gasteiger partial charge in [0.25, 0.3) is 5.91 Å². The van der Waals surface area contributed by atoms with Gasteiger partial charge in [-0.15, -0.1) is 0 Å². The molecule has 1 atom stereocenters. The van der Waals surface area contributed by atoms with Crippen LogP contribution in [0.4, 0.5) is 5.69 Å². The Kier molecular flexibility index (Phi) is 5.88. The van der Waals surface area contributed by atoms with Crippen molar-refractivity contribution in [2.75, 3.05) is 11.4 Å². The molecule has 0 saturated heterocycles. The predicted octanol–water partition coefficient (Wildman–Crippen LogP) is 2.29. The van der Waals surface area contributed by atoms with E-state index >= 15 is 0 Å². The molecule has 23 heavy (non-hydrogen) atoms. The number of rotatable bonds is 6. The zero-order chi connectivity index (χ0) is 16.8. The summed E-state index contributed by atoms with van der Waals surface area (Å²) in [5.74, 6) is 0.0774. The van der Waals surface area contributed by atoms with E-state index in [0.29, 0.717) is 6.54 Å². The van der Waals surface area contributed by atoms with Gasteiger partial charge < -0.3 is 10.6 Å². The second-order valence-electron chi connectivity index (χ2n) is 6.10. The highest BCUT2D eigenvalue weighted by Gasteiger charge is 2.23. The molecule has 0 aliphatic carbocycles. The molecule has 4 heteroatoms. The summed E-state index contributed by atoms with van der Waals surface area (Å²) in [5.41, 5.74) is 8.39. The number of aryl methyl sites for hydroxylation is 3. The van der Waals surface area contributed by atoms with Crippen molar-refractivity contribution in [1.29, 1.82) is 0 Å². The van der Waals surface area contributed by atoms with Crippen molar-refractivity contribution in [1.82, 2.24) is 4.98 Å². The largest absolute Gasteiger partial charge is 0.348 e. The Morgan fingerprint density at radius 3 is 2.48 bits per heavy atom. The molecule has 1 aromatic heterocycles. The molecule has 0 saturated carbocycles. The van der Waals surface area contributed by atoms with Gasteiger partial charge in [-0.25, -0.2) is 0 Å². The first kappa shape index (κ1) is 17.2. The van der Waals surface area contributed by atoms with Crippen molar-refractivity contribution in [3.8, 4) is 0 Å². The van der Waals surface area contributed by atoms with Crippen molar-refractivity contribution < 1.29 is 10.5 Å². The van der Waals surface area contributed by atoms with E-state index in [4.69, 9.17) is 0 Å². The van der Waals surface area contributed by atoms with Crippen molar-refractivity contribution in [3.05, 3.63) is 59.4 Å². The van der Waals surface area contributed by atoms with E-state index in [0.717, 1.165) is 29.7 Å². The molecule has 122 valence electrons. The van der Waals surface area contributed by atoms with E-state index in [1.807, 2.05) is 30.2 Å². The fourth-order valence-corrected chi connectivity index (χ4v) is 2.82. The number of aromatic nitrogens is 1. The average Bonchev–Trinajstić information content (AvgIpc) is 2.53. The summed E-state index contributed by atoms with van der Waals surface area (Å²) in [6.07, 6.45) is 5.47. The lowest BCUT2D eigenvalue weighted by atomic mass is 10.1. The minimum absolute atomic E-state index is 0.0774. The second-order valence-corrected chi connectivity index (χ2v) is 6.10. The average molecular weight is 312 g/mol. The second kappa shape index (κ2) is 7.88. The first-order valence-electron chi connectivity index (χ1n) is 8.10. The monoisotopic (exact) mass is 312 g/mol. The van der Waals surface area contributed by atoms with E-state index in [9.17, 15) is 4.79 Å². The van der Waals surface area contributed by atoms with E-state index in [-0.39, 0.29) is 11.9 Å². The molecular weight excluding hydrogens is 286 g/mol. The smallest absolute Gasteiger partial charge is 0.284 e. The van der Waals surface area contributed by atoms with Crippen LogP contribution < -0.4 is 10.6 Å². The number of quaternary nitrogens is 1. The van der Waals surface area contributed by atoms with Gasteiger partial charge in [-0.05, 0) is 56.4 Å². The molecule has 0 fully saturated rings. The Morgan fingerprint density at radius 1 is 1.22 bits per heavy atom. The standard InChI is InChI=1S/C19H25N3O/c1-14-7-4-8-15(2)18(14)22(19(23)16(3)20)12-6-10-17-9-5-11-21-13-17/h4-5,7-9,11,13,16H,6,10,12,20H2,1-3H3/p+1/t16-/m1/s1. The van der Waals surface area contributed by atoms with Gasteiger partial charge in [0.05, 0.1) is 0 Å². The SMILES string of the molecule is Cc1cccc(C)c1N(CCCc1cccnc1)C(=O)[C@@H](C)[NH3+]. The van der Waals surface area contributed by atoms with Crippen LogP contribution in [0, 0.1) is 13.8 Å². The van der Waals surface area contributed by atoms with Crippen LogP contribution in [0.15, 0.2) is 42.7 Å². The molecule has 2 rings (SSSR count). The first-order valence-corrected chi connectivity index (χ1v) is 8.10. The summed E-state index contributed by atoms with van der Waals surface area (Å²) in [5, 5.41) is 0. The summed E-state index contributed by atoms with van der Waals surface area (Å²) in [6, 6.07) is 9.89. The van der Waals surface area contributed by atoms with Crippen LogP contribution in [-0.2, 0) is 11.2 Å². The van der Waals surface area contributed by atoms with Crippen molar-refractivity contribution in [3.63, 3.8) is 0 Å². The summed E-state index contributed by atoms with van der Waals surface area (Å²) < 4.78 is 0. The number of anilines is 1. The maximum atomic E-state index is 12.6. The van der Waals surface area contributed by atoms with E-state index in [1.165, 1.54) is 5.56 Å². The van der Waals surface area contributed by atoms with E-state index < -0.39 is 0 Å². The van der Waals surface area contributed by atoms with Gasteiger partial charge in [-0.3, -0.25) is 9.78 Å². The topological polar surface area (TPSA) is 60.8 Å². The third-order valence-electron chi connectivity index (χ3n) is 3.97. The Labute approximate surface area is 138 Å². The van der Waals surface area contributed by atoms with Gasteiger partial charge in [0.1, 0.15) is 0 Å². The number of hydrogen-bond acceptors (Lipinski definition) is 2. The Morgan fingerprint density at radius 2 is 1.91 bits per heavy atom. The molecule has 2 aromatic rings. The maximum Gasteiger partial charge on any atom is 0.284 e. The fraction of sp³-hybridized carbons (Fsp3) is 0.368. The molecule has 4 nitrogen and oxygen atoms in total. The number of carbonyl (C=O) groups excluding carboxylic acids is 1. The van der Waals surface area contributed by atoms with Crippen molar-refractivity contribution in [2.45, 2.75) is 39.7 Å². The molecule has 1 heterocycles. The number of amides is 1. The van der Waals surface area contributed by atoms with Crippen LogP contribution in [0.5, 0.6) is 0 Å². The van der Waals surface area contributed by atoms with Gasteiger partial charge >= 0.3 is 0 Å². The predicted molar refractivity (Wildman–Crippen MR) is 93.2 cm³/mol. The quantitative estimate of drug-likeness (QED) is 0.889. The molecule has 0 spiro atoms.